The molecule has 0 radical (unpaired) electrons. The van der Waals surface area contributed by atoms with Crippen molar-refractivity contribution in [2.24, 2.45) is 0 Å². The number of fused-ring (bicyclic) bond motifs is 1. The molecule has 0 unspecified atom stereocenters. The largest absolute Gasteiger partial charge is 0.298 e. The van der Waals surface area contributed by atoms with Crippen LogP contribution in [0.1, 0.15) is 25.5 Å². The lowest BCUT2D eigenvalue weighted by Gasteiger charge is -2.07. The van der Waals surface area contributed by atoms with Gasteiger partial charge in [-0.15, -0.1) is 11.3 Å². The Morgan fingerprint density at radius 2 is 1.83 bits per heavy atom. The minimum absolute atomic E-state index is 0.416. The third kappa shape index (κ3) is 2.51. The molecular weight excluding hydrogens is 306 g/mol. The van der Waals surface area contributed by atoms with Crippen molar-refractivity contribution in [3.63, 3.8) is 0 Å². The van der Waals surface area contributed by atoms with Crippen molar-refractivity contribution in [3.05, 3.63) is 54.1 Å². The smallest absolute Gasteiger partial charge is 0.173 e. The molecule has 0 aliphatic heterocycles. The molecule has 0 spiro atoms. The van der Waals surface area contributed by atoms with E-state index in [2.05, 4.69) is 34.2 Å². The average Bonchev–Trinajstić information content (AvgIpc) is 3.23. The maximum atomic E-state index is 4.71. The van der Waals surface area contributed by atoms with Crippen LogP contribution in [0, 0.1) is 0 Å². The Kier molecular flexibility index (Phi) is 3.38. The van der Waals surface area contributed by atoms with E-state index in [1.165, 1.54) is 0 Å². The summed E-state index contributed by atoms with van der Waals surface area (Å²) in [5, 5.41) is 3.03. The average molecular weight is 321 g/mol. The maximum absolute atomic E-state index is 4.71. The third-order valence-corrected chi connectivity index (χ3v) is 4.53. The lowest BCUT2D eigenvalue weighted by atomic mass is 10.2. The van der Waals surface area contributed by atoms with Gasteiger partial charge in [0, 0.05) is 35.9 Å². The molecule has 0 amide bonds. The highest BCUT2D eigenvalue weighted by atomic mass is 32.1. The van der Waals surface area contributed by atoms with E-state index in [-0.39, 0.29) is 0 Å². The molecule has 0 saturated heterocycles. The number of aromatic nitrogens is 5. The number of thiazole rings is 1. The molecular formula is C17H15N5S. The van der Waals surface area contributed by atoms with E-state index in [0.717, 1.165) is 33.2 Å². The van der Waals surface area contributed by atoms with E-state index < -0.39 is 0 Å². The molecule has 23 heavy (non-hydrogen) atoms. The molecule has 0 aliphatic carbocycles. The van der Waals surface area contributed by atoms with Crippen LogP contribution in [-0.4, -0.2) is 24.5 Å². The van der Waals surface area contributed by atoms with E-state index in [4.69, 9.17) is 4.98 Å². The van der Waals surface area contributed by atoms with Gasteiger partial charge in [-0.25, -0.2) is 9.97 Å². The minimum atomic E-state index is 0.416. The first-order valence-electron chi connectivity index (χ1n) is 7.42. The quantitative estimate of drug-likeness (QED) is 0.571. The molecule has 0 aliphatic rings. The van der Waals surface area contributed by atoms with Gasteiger partial charge in [0.05, 0.1) is 16.7 Å². The van der Waals surface area contributed by atoms with Gasteiger partial charge in [0.1, 0.15) is 0 Å². The minimum Gasteiger partial charge on any atom is -0.298 e. The topological polar surface area (TPSA) is 56.5 Å². The molecule has 3 aromatic heterocycles. The van der Waals surface area contributed by atoms with Crippen LogP contribution in [0.4, 0.5) is 0 Å². The number of nitrogens with zero attached hydrogens (tertiary/aromatic N) is 5. The summed E-state index contributed by atoms with van der Waals surface area (Å²) in [4.78, 5) is 17.9. The Hall–Kier alpha value is -2.60. The molecule has 0 fully saturated rings. The molecule has 6 heteroatoms. The third-order valence-electron chi connectivity index (χ3n) is 3.68. The van der Waals surface area contributed by atoms with E-state index in [0.29, 0.717) is 5.92 Å². The van der Waals surface area contributed by atoms with E-state index >= 15 is 0 Å². The first kappa shape index (κ1) is 14.0. The molecule has 4 rings (SSSR count). The van der Waals surface area contributed by atoms with Crippen LogP contribution in [0.2, 0.25) is 0 Å². The Labute approximate surface area is 137 Å². The highest BCUT2D eigenvalue weighted by Gasteiger charge is 2.13. The predicted octanol–water partition coefficient (Wildman–Crippen LogP) is 4.06. The van der Waals surface area contributed by atoms with Gasteiger partial charge < -0.3 is 0 Å². The lowest BCUT2D eigenvalue weighted by molar-refractivity contribution is 0.832. The van der Waals surface area contributed by atoms with Crippen molar-refractivity contribution in [3.8, 4) is 16.5 Å². The fraction of sp³-hybridized carbons (Fsp3) is 0.176. The van der Waals surface area contributed by atoms with Crippen LogP contribution in [-0.2, 0) is 0 Å². The van der Waals surface area contributed by atoms with Crippen LogP contribution in [0.5, 0.6) is 0 Å². The maximum Gasteiger partial charge on any atom is 0.173 e. The molecule has 1 aromatic carbocycles. The van der Waals surface area contributed by atoms with Gasteiger partial charge in [0.25, 0.3) is 0 Å². The zero-order valence-electron chi connectivity index (χ0n) is 12.8. The summed E-state index contributed by atoms with van der Waals surface area (Å²) in [6.45, 7) is 4.29. The molecule has 0 N–H and O–H groups in total. The number of hydrogen-bond donors (Lipinski definition) is 0. The highest BCUT2D eigenvalue weighted by molar-refractivity contribution is 7.13. The van der Waals surface area contributed by atoms with Crippen LogP contribution in [0.15, 0.2) is 48.4 Å². The molecule has 5 nitrogen and oxygen atoms in total. The molecule has 4 aromatic rings. The summed E-state index contributed by atoms with van der Waals surface area (Å²) in [7, 11) is 0. The Balaban J connectivity index is 1.81. The monoisotopic (exact) mass is 321 g/mol. The van der Waals surface area contributed by atoms with Gasteiger partial charge in [-0.3, -0.25) is 14.5 Å². The normalized spacial score (nSPS) is 11.4. The van der Waals surface area contributed by atoms with Crippen LogP contribution < -0.4 is 0 Å². The number of rotatable bonds is 3. The van der Waals surface area contributed by atoms with Gasteiger partial charge >= 0.3 is 0 Å². The summed E-state index contributed by atoms with van der Waals surface area (Å²) < 4.78 is 2.04. The van der Waals surface area contributed by atoms with Crippen molar-refractivity contribution in [2.75, 3.05) is 0 Å². The Bertz CT molecular complexity index is 970. The molecule has 3 heterocycles. The standard InChI is InChI=1S/C17H15N5S/c1-11(2)15-10-23-17(21-15)16-20-7-8-22(16)12-3-4-13-14(9-12)19-6-5-18-13/h3-11H,1-2H3. The second-order valence-electron chi connectivity index (χ2n) is 5.58. The van der Waals surface area contributed by atoms with Gasteiger partial charge in [0.2, 0.25) is 0 Å². The molecule has 0 bridgehead atoms. The van der Waals surface area contributed by atoms with Gasteiger partial charge in [-0.2, -0.15) is 0 Å². The zero-order chi connectivity index (χ0) is 15.8. The second kappa shape index (κ2) is 5.55. The van der Waals surface area contributed by atoms with Gasteiger partial charge in [0.15, 0.2) is 10.8 Å². The number of imidazole rings is 1. The summed E-state index contributed by atoms with van der Waals surface area (Å²) in [5.41, 5.74) is 3.86. The molecule has 0 saturated carbocycles. The lowest BCUT2D eigenvalue weighted by Crippen LogP contribution is -1.97. The predicted molar refractivity (Wildman–Crippen MR) is 91.9 cm³/mol. The van der Waals surface area contributed by atoms with Gasteiger partial charge in [-0.1, -0.05) is 13.8 Å². The first-order chi connectivity index (χ1) is 11.2. The molecule has 0 atom stereocenters. The van der Waals surface area contributed by atoms with E-state index in [1.807, 2.05) is 29.0 Å². The molecule has 114 valence electrons. The summed E-state index contributed by atoms with van der Waals surface area (Å²) in [6, 6.07) is 6.02. The zero-order valence-corrected chi connectivity index (χ0v) is 13.7. The van der Waals surface area contributed by atoms with Crippen LogP contribution >= 0.6 is 11.3 Å². The van der Waals surface area contributed by atoms with Crippen molar-refractivity contribution < 1.29 is 0 Å². The first-order valence-corrected chi connectivity index (χ1v) is 8.30. The SMILES string of the molecule is CC(C)c1csc(-c2nccn2-c2ccc3nccnc3c2)n1. The van der Waals surface area contributed by atoms with Crippen molar-refractivity contribution in [1.82, 2.24) is 24.5 Å². The Morgan fingerprint density at radius 3 is 2.61 bits per heavy atom. The van der Waals surface area contributed by atoms with E-state index in [1.54, 1.807) is 29.9 Å². The summed E-state index contributed by atoms with van der Waals surface area (Å²) in [6.07, 6.45) is 7.15. The summed E-state index contributed by atoms with van der Waals surface area (Å²) in [5.74, 6) is 1.27. The van der Waals surface area contributed by atoms with E-state index in [9.17, 15) is 0 Å². The second-order valence-corrected chi connectivity index (χ2v) is 6.44. The fourth-order valence-corrected chi connectivity index (χ4v) is 3.40. The van der Waals surface area contributed by atoms with Crippen LogP contribution in [0.25, 0.3) is 27.6 Å². The van der Waals surface area contributed by atoms with Crippen LogP contribution in [0.3, 0.4) is 0 Å². The van der Waals surface area contributed by atoms with Crippen molar-refractivity contribution >= 4 is 22.4 Å². The highest BCUT2D eigenvalue weighted by Crippen LogP contribution is 2.28. The fourth-order valence-electron chi connectivity index (χ4n) is 2.43. The van der Waals surface area contributed by atoms with Crippen molar-refractivity contribution in [1.29, 1.82) is 0 Å². The number of benzene rings is 1. The summed E-state index contributed by atoms with van der Waals surface area (Å²) >= 11 is 1.63. The van der Waals surface area contributed by atoms with Crippen molar-refractivity contribution in [2.45, 2.75) is 19.8 Å². The number of hydrogen-bond acceptors (Lipinski definition) is 5. The van der Waals surface area contributed by atoms with Gasteiger partial charge in [-0.05, 0) is 24.1 Å². The Morgan fingerprint density at radius 1 is 1.00 bits per heavy atom.